The molecule has 0 aromatic carbocycles. The van der Waals surface area contributed by atoms with E-state index in [1.54, 1.807) is 19.5 Å². The molecule has 1 saturated heterocycles. The van der Waals surface area contributed by atoms with E-state index in [-0.39, 0.29) is 12.1 Å². The van der Waals surface area contributed by atoms with Gasteiger partial charge in [-0.1, -0.05) is 0 Å². The lowest BCUT2D eigenvalue weighted by Gasteiger charge is -2.35. The van der Waals surface area contributed by atoms with Crippen LogP contribution in [0.25, 0.3) is 0 Å². The van der Waals surface area contributed by atoms with Gasteiger partial charge in [0.25, 0.3) is 17.6 Å². The second-order valence-electron chi connectivity index (χ2n) is 6.64. The normalized spacial score (nSPS) is 18.7. The molecule has 27 heavy (non-hydrogen) atoms. The molecule has 2 aliphatic rings. The van der Waals surface area contributed by atoms with Crippen molar-refractivity contribution in [3.05, 3.63) is 30.2 Å². The maximum Gasteiger partial charge on any atom is 0.278 e. The Morgan fingerprint density at radius 3 is 2.59 bits per heavy atom. The third kappa shape index (κ3) is 3.90. The molecular formula is C19H24N4O4. The Bertz CT molecular complexity index is 780. The number of ether oxygens (including phenoxy) is 4. The van der Waals surface area contributed by atoms with Crippen LogP contribution in [0.2, 0.25) is 0 Å². The minimum Gasteiger partial charge on any atom is -0.484 e. The fraction of sp³-hybridized carbons (Fsp3) is 0.526. The van der Waals surface area contributed by atoms with E-state index in [1.807, 2.05) is 12.1 Å². The number of methoxy groups -OCH3 is 1. The van der Waals surface area contributed by atoms with Crippen LogP contribution in [0.5, 0.6) is 23.4 Å². The zero-order chi connectivity index (χ0) is 18.6. The standard InChI is InChI=1S/C19H24N4O4/c1-13(15-3-4-16-17(22-15)26-12-11-25-16)23-9-5-14(6-10-23)27-19-18(24-2)20-7-8-21-19/h3-4,7-8,13-14H,5-6,9-12H2,1-2H3. The zero-order valence-corrected chi connectivity index (χ0v) is 15.6. The summed E-state index contributed by atoms with van der Waals surface area (Å²) < 4.78 is 22.4. The highest BCUT2D eigenvalue weighted by Crippen LogP contribution is 2.32. The molecule has 4 heterocycles. The van der Waals surface area contributed by atoms with Crippen molar-refractivity contribution in [2.24, 2.45) is 0 Å². The summed E-state index contributed by atoms with van der Waals surface area (Å²) in [5, 5.41) is 0. The minimum absolute atomic E-state index is 0.104. The van der Waals surface area contributed by atoms with Crippen LogP contribution in [0.3, 0.4) is 0 Å². The van der Waals surface area contributed by atoms with E-state index in [2.05, 4.69) is 26.8 Å². The van der Waals surface area contributed by atoms with Gasteiger partial charge in [0.05, 0.1) is 12.8 Å². The molecule has 2 aromatic heterocycles. The quantitative estimate of drug-likeness (QED) is 0.791. The van der Waals surface area contributed by atoms with Gasteiger partial charge >= 0.3 is 0 Å². The van der Waals surface area contributed by atoms with Crippen molar-refractivity contribution in [1.29, 1.82) is 0 Å². The van der Waals surface area contributed by atoms with Crippen LogP contribution in [-0.4, -0.2) is 59.4 Å². The van der Waals surface area contributed by atoms with Crippen LogP contribution in [-0.2, 0) is 0 Å². The fourth-order valence-corrected chi connectivity index (χ4v) is 3.44. The minimum atomic E-state index is 0.104. The van der Waals surface area contributed by atoms with Crippen molar-refractivity contribution < 1.29 is 18.9 Å². The van der Waals surface area contributed by atoms with Crippen molar-refractivity contribution in [2.75, 3.05) is 33.4 Å². The van der Waals surface area contributed by atoms with E-state index >= 15 is 0 Å². The molecule has 0 amide bonds. The van der Waals surface area contributed by atoms with E-state index in [0.29, 0.717) is 30.9 Å². The second-order valence-corrected chi connectivity index (χ2v) is 6.64. The van der Waals surface area contributed by atoms with E-state index in [4.69, 9.17) is 18.9 Å². The van der Waals surface area contributed by atoms with Crippen LogP contribution >= 0.6 is 0 Å². The van der Waals surface area contributed by atoms with Gasteiger partial charge in [-0.25, -0.2) is 15.0 Å². The third-order valence-electron chi connectivity index (χ3n) is 4.98. The molecule has 2 aliphatic heterocycles. The van der Waals surface area contributed by atoms with Gasteiger partial charge < -0.3 is 18.9 Å². The van der Waals surface area contributed by atoms with Crippen molar-refractivity contribution in [3.63, 3.8) is 0 Å². The van der Waals surface area contributed by atoms with Gasteiger partial charge in [-0.05, 0) is 31.9 Å². The predicted molar refractivity (Wildman–Crippen MR) is 97.4 cm³/mol. The van der Waals surface area contributed by atoms with Crippen molar-refractivity contribution in [2.45, 2.75) is 31.9 Å². The largest absolute Gasteiger partial charge is 0.484 e. The third-order valence-corrected chi connectivity index (χ3v) is 4.98. The van der Waals surface area contributed by atoms with Gasteiger partial charge in [-0.3, -0.25) is 4.90 Å². The molecule has 1 atom stereocenters. The summed E-state index contributed by atoms with van der Waals surface area (Å²) in [6.45, 7) is 5.14. The summed E-state index contributed by atoms with van der Waals surface area (Å²) in [7, 11) is 1.57. The van der Waals surface area contributed by atoms with E-state index in [0.717, 1.165) is 37.4 Å². The Morgan fingerprint density at radius 2 is 1.81 bits per heavy atom. The summed E-state index contributed by atoms with van der Waals surface area (Å²) >= 11 is 0. The van der Waals surface area contributed by atoms with Crippen LogP contribution in [0.15, 0.2) is 24.5 Å². The highest BCUT2D eigenvalue weighted by atomic mass is 16.6. The molecule has 0 bridgehead atoms. The molecule has 1 unspecified atom stereocenters. The molecule has 0 radical (unpaired) electrons. The second kappa shape index (κ2) is 7.96. The average molecular weight is 372 g/mol. The van der Waals surface area contributed by atoms with E-state index in [1.165, 1.54) is 0 Å². The van der Waals surface area contributed by atoms with Gasteiger partial charge in [0.15, 0.2) is 5.75 Å². The Labute approximate surface area is 158 Å². The Morgan fingerprint density at radius 1 is 1.07 bits per heavy atom. The number of hydrogen-bond acceptors (Lipinski definition) is 8. The van der Waals surface area contributed by atoms with Crippen LogP contribution in [0.1, 0.15) is 31.5 Å². The lowest BCUT2D eigenvalue weighted by Crippen LogP contribution is -2.40. The first-order chi connectivity index (χ1) is 13.2. The molecule has 0 spiro atoms. The van der Waals surface area contributed by atoms with Crippen LogP contribution < -0.4 is 18.9 Å². The number of pyridine rings is 1. The van der Waals surface area contributed by atoms with Crippen molar-refractivity contribution in [3.8, 4) is 23.4 Å². The summed E-state index contributed by atoms with van der Waals surface area (Å²) in [6.07, 6.45) is 5.13. The van der Waals surface area contributed by atoms with Gasteiger partial charge in [-0.15, -0.1) is 0 Å². The van der Waals surface area contributed by atoms with Crippen molar-refractivity contribution >= 4 is 0 Å². The number of rotatable bonds is 5. The molecule has 2 aromatic rings. The Kier molecular flexibility index (Phi) is 5.24. The number of fused-ring (bicyclic) bond motifs is 1. The molecule has 144 valence electrons. The number of piperidine rings is 1. The Balaban J connectivity index is 1.36. The molecule has 0 aliphatic carbocycles. The lowest BCUT2D eigenvalue weighted by atomic mass is 10.0. The molecule has 1 fully saturated rings. The van der Waals surface area contributed by atoms with Crippen molar-refractivity contribution in [1.82, 2.24) is 19.9 Å². The first-order valence-corrected chi connectivity index (χ1v) is 9.27. The number of nitrogens with zero attached hydrogens (tertiary/aromatic N) is 4. The number of aromatic nitrogens is 3. The van der Waals surface area contributed by atoms with Crippen LogP contribution in [0, 0.1) is 0 Å². The topological polar surface area (TPSA) is 78.8 Å². The highest BCUT2D eigenvalue weighted by Gasteiger charge is 2.27. The van der Waals surface area contributed by atoms with Gasteiger partial charge in [0, 0.05) is 31.5 Å². The molecule has 0 N–H and O–H groups in total. The monoisotopic (exact) mass is 372 g/mol. The average Bonchev–Trinajstić information content (AvgIpc) is 2.74. The van der Waals surface area contributed by atoms with Crippen LogP contribution in [0.4, 0.5) is 0 Å². The maximum absolute atomic E-state index is 6.01. The van der Waals surface area contributed by atoms with E-state index < -0.39 is 0 Å². The molecule has 0 saturated carbocycles. The predicted octanol–water partition coefficient (Wildman–Crippen LogP) is 2.26. The first kappa shape index (κ1) is 17.8. The van der Waals surface area contributed by atoms with Gasteiger partial charge in [0.1, 0.15) is 19.3 Å². The smallest absolute Gasteiger partial charge is 0.278 e. The highest BCUT2D eigenvalue weighted by molar-refractivity contribution is 5.36. The molecule has 8 nitrogen and oxygen atoms in total. The Hall–Kier alpha value is -2.61. The van der Waals surface area contributed by atoms with E-state index in [9.17, 15) is 0 Å². The number of likely N-dealkylation sites (tertiary alicyclic amines) is 1. The fourth-order valence-electron chi connectivity index (χ4n) is 3.44. The summed E-state index contributed by atoms with van der Waals surface area (Å²) in [5.41, 5.74) is 0.995. The summed E-state index contributed by atoms with van der Waals surface area (Å²) in [5.74, 6) is 2.20. The number of hydrogen-bond donors (Lipinski definition) is 0. The maximum atomic E-state index is 6.01. The first-order valence-electron chi connectivity index (χ1n) is 9.27. The lowest BCUT2D eigenvalue weighted by molar-refractivity contribution is 0.0727. The van der Waals surface area contributed by atoms with Gasteiger partial charge in [0.2, 0.25) is 0 Å². The van der Waals surface area contributed by atoms with Gasteiger partial charge in [-0.2, -0.15) is 0 Å². The SMILES string of the molecule is COc1nccnc1OC1CCN(C(C)c2ccc3c(n2)OCCO3)CC1. The molecule has 8 heteroatoms. The summed E-state index contributed by atoms with van der Waals surface area (Å²) in [4.78, 5) is 15.4. The zero-order valence-electron chi connectivity index (χ0n) is 15.6. The molecule has 4 rings (SSSR count). The molecular weight excluding hydrogens is 348 g/mol. The summed E-state index contributed by atoms with van der Waals surface area (Å²) in [6, 6.07) is 4.17.